The van der Waals surface area contributed by atoms with E-state index in [-0.39, 0.29) is 31.1 Å². The molecule has 0 heterocycles. The predicted octanol–water partition coefficient (Wildman–Crippen LogP) is 23.9. The Morgan fingerprint density at radius 2 is 0.462 bits per heavy atom. The van der Waals surface area contributed by atoms with Crippen LogP contribution in [-0.2, 0) is 28.6 Å². The molecule has 0 saturated heterocycles. The lowest BCUT2D eigenvalue weighted by Gasteiger charge is -2.18. The highest BCUT2D eigenvalue weighted by Gasteiger charge is 2.19. The number of allylic oxidation sites excluding steroid dienone is 6. The first-order valence-electron chi connectivity index (χ1n) is 35.0. The van der Waals surface area contributed by atoms with Crippen molar-refractivity contribution in [1.29, 1.82) is 0 Å². The van der Waals surface area contributed by atoms with Gasteiger partial charge >= 0.3 is 17.9 Å². The van der Waals surface area contributed by atoms with E-state index in [2.05, 4.69) is 57.2 Å². The van der Waals surface area contributed by atoms with Crippen LogP contribution in [0.1, 0.15) is 387 Å². The van der Waals surface area contributed by atoms with Gasteiger partial charge in [-0.25, -0.2) is 0 Å². The average molecular weight is 1100 g/mol. The Morgan fingerprint density at radius 3 is 0.731 bits per heavy atom. The molecule has 78 heavy (non-hydrogen) atoms. The number of hydrogen-bond donors (Lipinski definition) is 0. The minimum atomic E-state index is -0.778. The van der Waals surface area contributed by atoms with E-state index in [9.17, 15) is 14.4 Å². The standard InChI is InChI=1S/C72H134O6/c1-4-7-10-13-16-19-22-25-28-31-33-35-36-38-39-41-44-47-50-53-56-59-62-65-71(74)77-68-69(67-76-70(73)64-61-58-55-52-49-46-43-30-27-24-21-18-15-12-9-6-3)78-72(75)66-63-60-57-54-51-48-45-42-40-37-34-32-29-26-23-20-17-14-11-8-5-2/h21,24,30,32,34,43,69H,4-20,22-23,25-29,31,33,35-42,44-68H2,1-3H3/b24-21-,34-32-,43-30-. The van der Waals surface area contributed by atoms with Gasteiger partial charge in [-0.1, -0.05) is 327 Å². The van der Waals surface area contributed by atoms with Crippen LogP contribution in [0, 0.1) is 0 Å². The van der Waals surface area contributed by atoms with Gasteiger partial charge in [-0.2, -0.15) is 0 Å². The first-order valence-corrected chi connectivity index (χ1v) is 35.0. The van der Waals surface area contributed by atoms with Crippen LogP contribution in [0.3, 0.4) is 0 Å². The Labute approximate surface area is 486 Å². The van der Waals surface area contributed by atoms with Gasteiger partial charge in [0.05, 0.1) is 0 Å². The Hall–Kier alpha value is -2.37. The van der Waals surface area contributed by atoms with Crippen molar-refractivity contribution < 1.29 is 28.6 Å². The molecular weight excluding hydrogens is 961 g/mol. The molecule has 6 heteroatoms. The van der Waals surface area contributed by atoms with Crippen molar-refractivity contribution in [1.82, 2.24) is 0 Å². The summed E-state index contributed by atoms with van der Waals surface area (Å²) in [6, 6.07) is 0. The molecule has 0 N–H and O–H groups in total. The summed E-state index contributed by atoms with van der Waals surface area (Å²) in [7, 11) is 0. The third-order valence-corrected chi connectivity index (χ3v) is 15.9. The fraction of sp³-hybridized carbons (Fsp3) is 0.875. The lowest BCUT2D eigenvalue weighted by Crippen LogP contribution is -2.30. The highest BCUT2D eigenvalue weighted by Crippen LogP contribution is 2.18. The number of rotatable bonds is 65. The van der Waals surface area contributed by atoms with E-state index in [1.54, 1.807) is 0 Å². The van der Waals surface area contributed by atoms with Crippen molar-refractivity contribution in [3.8, 4) is 0 Å². The van der Waals surface area contributed by atoms with Crippen molar-refractivity contribution in [2.24, 2.45) is 0 Å². The Morgan fingerprint density at radius 1 is 0.256 bits per heavy atom. The van der Waals surface area contributed by atoms with E-state index in [0.29, 0.717) is 19.3 Å². The van der Waals surface area contributed by atoms with Gasteiger partial charge < -0.3 is 14.2 Å². The maximum absolute atomic E-state index is 13.0. The Bertz CT molecular complexity index is 1300. The van der Waals surface area contributed by atoms with E-state index in [1.807, 2.05) is 0 Å². The normalized spacial score (nSPS) is 12.2. The SMILES string of the molecule is CCCCCC/C=C\C/C=C\CCCCCCCC(=O)OCC(COC(=O)CCCCCCCCCCCCCCCCCCCCCCCCC)OC(=O)CCCCCCCCCCC/C=C\CCCCCCCCCC. The highest BCUT2D eigenvalue weighted by atomic mass is 16.6. The fourth-order valence-corrected chi connectivity index (χ4v) is 10.6. The molecule has 0 aliphatic heterocycles. The monoisotopic (exact) mass is 1100 g/mol. The molecule has 0 rings (SSSR count). The van der Waals surface area contributed by atoms with Crippen molar-refractivity contribution in [2.45, 2.75) is 393 Å². The minimum absolute atomic E-state index is 0.0728. The molecule has 0 aromatic heterocycles. The van der Waals surface area contributed by atoms with Gasteiger partial charge in [0, 0.05) is 19.3 Å². The van der Waals surface area contributed by atoms with Crippen LogP contribution in [0.15, 0.2) is 36.5 Å². The van der Waals surface area contributed by atoms with Crippen LogP contribution in [0.5, 0.6) is 0 Å². The molecule has 458 valence electrons. The number of hydrogen-bond acceptors (Lipinski definition) is 6. The number of unbranched alkanes of at least 4 members (excludes halogenated alkanes) is 48. The zero-order chi connectivity index (χ0) is 56.4. The summed E-state index contributed by atoms with van der Waals surface area (Å²) >= 11 is 0. The summed E-state index contributed by atoms with van der Waals surface area (Å²) in [6.45, 7) is 6.69. The second-order valence-corrected chi connectivity index (χ2v) is 23.8. The van der Waals surface area contributed by atoms with Gasteiger partial charge in [-0.05, 0) is 77.0 Å². The van der Waals surface area contributed by atoms with Crippen molar-refractivity contribution in [3.05, 3.63) is 36.5 Å². The lowest BCUT2D eigenvalue weighted by molar-refractivity contribution is -0.167. The van der Waals surface area contributed by atoms with Crippen LogP contribution in [0.25, 0.3) is 0 Å². The topological polar surface area (TPSA) is 78.9 Å². The summed E-state index contributed by atoms with van der Waals surface area (Å²) in [5.74, 6) is -0.861. The van der Waals surface area contributed by atoms with Crippen LogP contribution in [0.4, 0.5) is 0 Å². The quantitative estimate of drug-likeness (QED) is 0.0261. The summed E-state index contributed by atoms with van der Waals surface area (Å²) in [5, 5.41) is 0. The highest BCUT2D eigenvalue weighted by molar-refractivity contribution is 5.71. The van der Waals surface area contributed by atoms with Crippen LogP contribution >= 0.6 is 0 Å². The van der Waals surface area contributed by atoms with Crippen LogP contribution in [0.2, 0.25) is 0 Å². The van der Waals surface area contributed by atoms with Crippen molar-refractivity contribution in [3.63, 3.8) is 0 Å². The summed E-state index contributed by atoms with van der Waals surface area (Å²) in [6.07, 6.45) is 83.1. The van der Waals surface area contributed by atoms with E-state index in [0.717, 1.165) is 77.0 Å². The molecule has 0 bridgehead atoms. The van der Waals surface area contributed by atoms with Crippen LogP contribution in [-0.4, -0.2) is 37.2 Å². The summed E-state index contributed by atoms with van der Waals surface area (Å²) in [4.78, 5) is 38.4. The van der Waals surface area contributed by atoms with Gasteiger partial charge in [-0.3, -0.25) is 14.4 Å². The van der Waals surface area contributed by atoms with Crippen molar-refractivity contribution in [2.75, 3.05) is 13.2 Å². The van der Waals surface area contributed by atoms with E-state index in [4.69, 9.17) is 14.2 Å². The first kappa shape index (κ1) is 75.6. The average Bonchev–Trinajstić information content (AvgIpc) is 3.44. The van der Waals surface area contributed by atoms with E-state index in [1.165, 1.54) is 270 Å². The maximum Gasteiger partial charge on any atom is 0.306 e. The number of esters is 3. The van der Waals surface area contributed by atoms with Crippen molar-refractivity contribution >= 4 is 17.9 Å². The maximum atomic E-state index is 13.0. The number of carbonyl (C=O) groups excluding carboxylic acids is 3. The fourth-order valence-electron chi connectivity index (χ4n) is 10.6. The largest absolute Gasteiger partial charge is 0.462 e. The van der Waals surface area contributed by atoms with E-state index >= 15 is 0 Å². The number of ether oxygens (including phenoxy) is 3. The summed E-state index contributed by atoms with van der Waals surface area (Å²) < 4.78 is 17.0. The van der Waals surface area contributed by atoms with Crippen LogP contribution < -0.4 is 0 Å². The Kier molecular flexibility index (Phi) is 65.1. The second kappa shape index (κ2) is 67.1. The molecule has 0 fully saturated rings. The third-order valence-electron chi connectivity index (χ3n) is 15.9. The smallest absolute Gasteiger partial charge is 0.306 e. The Balaban J connectivity index is 4.30. The zero-order valence-corrected chi connectivity index (χ0v) is 52.7. The van der Waals surface area contributed by atoms with Gasteiger partial charge in [0.25, 0.3) is 0 Å². The van der Waals surface area contributed by atoms with Gasteiger partial charge in [-0.15, -0.1) is 0 Å². The molecule has 0 aliphatic carbocycles. The van der Waals surface area contributed by atoms with Gasteiger partial charge in [0.15, 0.2) is 6.10 Å². The molecule has 0 saturated carbocycles. The molecule has 0 aromatic rings. The molecule has 1 unspecified atom stereocenters. The molecule has 1 atom stereocenters. The molecule has 6 nitrogen and oxygen atoms in total. The lowest BCUT2D eigenvalue weighted by atomic mass is 10.0. The second-order valence-electron chi connectivity index (χ2n) is 23.8. The summed E-state index contributed by atoms with van der Waals surface area (Å²) in [5.41, 5.74) is 0. The molecule has 0 radical (unpaired) electrons. The molecule has 0 amide bonds. The molecule has 0 spiro atoms. The molecule has 0 aromatic carbocycles. The zero-order valence-electron chi connectivity index (χ0n) is 52.7. The predicted molar refractivity (Wildman–Crippen MR) is 339 cm³/mol. The molecule has 0 aliphatic rings. The minimum Gasteiger partial charge on any atom is -0.462 e. The van der Waals surface area contributed by atoms with Gasteiger partial charge in [0.2, 0.25) is 0 Å². The molecular formula is C72H134O6. The first-order chi connectivity index (χ1) is 38.5. The van der Waals surface area contributed by atoms with Gasteiger partial charge in [0.1, 0.15) is 13.2 Å². The number of carbonyl (C=O) groups is 3. The third kappa shape index (κ3) is 64.5. The van der Waals surface area contributed by atoms with E-state index < -0.39 is 6.10 Å².